The molecule has 1 aliphatic heterocycles. The molecule has 1 atom stereocenters. The van der Waals surface area contributed by atoms with Crippen molar-refractivity contribution in [3.8, 4) is 11.1 Å². The number of carbonyl (C=O) groups excluding carboxylic acids is 1. The highest BCUT2D eigenvalue weighted by Crippen LogP contribution is 2.22. The van der Waals surface area contributed by atoms with Gasteiger partial charge >= 0.3 is 6.03 Å². The van der Waals surface area contributed by atoms with Crippen molar-refractivity contribution < 1.29 is 17.9 Å². The lowest BCUT2D eigenvalue weighted by Gasteiger charge is -2.28. The van der Waals surface area contributed by atoms with E-state index in [0.29, 0.717) is 25.3 Å². The normalized spacial score (nSPS) is 18.2. The second kappa shape index (κ2) is 8.54. The quantitative estimate of drug-likeness (QED) is 0.825. The Morgan fingerprint density at radius 1 is 1.11 bits per heavy atom. The van der Waals surface area contributed by atoms with E-state index < -0.39 is 9.84 Å². The number of nitrogens with zero attached hydrogens (tertiary/aromatic N) is 1. The molecule has 0 bridgehead atoms. The molecule has 3 rings (SSSR count). The van der Waals surface area contributed by atoms with Gasteiger partial charge in [-0.1, -0.05) is 42.5 Å². The Hall–Kier alpha value is -2.38. The van der Waals surface area contributed by atoms with Crippen molar-refractivity contribution in [3.05, 3.63) is 54.6 Å². The first-order chi connectivity index (χ1) is 13.0. The monoisotopic (exact) mass is 388 g/mol. The summed E-state index contributed by atoms with van der Waals surface area (Å²) in [7, 11) is -1.51. The number of sulfone groups is 1. The molecule has 27 heavy (non-hydrogen) atoms. The highest BCUT2D eigenvalue weighted by atomic mass is 32.2. The van der Waals surface area contributed by atoms with Crippen LogP contribution < -0.4 is 5.32 Å². The molecule has 1 N–H and O–H groups in total. The van der Waals surface area contributed by atoms with Gasteiger partial charge in [-0.2, -0.15) is 0 Å². The van der Waals surface area contributed by atoms with E-state index in [1.807, 2.05) is 54.6 Å². The van der Waals surface area contributed by atoms with E-state index in [2.05, 4.69) is 5.32 Å². The standard InChI is InChI=1S/C20H24N2O4S/c1-26-13-12-22(19-11-14-27(24,25)15-19)20(23)21-18-9-7-17(8-10-18)16-5-3-2-4-6-16/h2-10,19H,11-15H2,1H3,(H,21,23). The van der Waals surface area contributed by atoms with Crippen LogP contribution in [0.3, 0.4) is 0 Å². The minimum absolute atomic E-state index is 0.0110. The van der Waals surface area contributed by atoms with E-state index in [9.17, 15) is 13.2 Å². The number of methoxy groups -OCH3 is 1. The summed E-state index contributed by atoms with van der Waals surface area (Å²) in [5.74, 6) is 0.136. The Morgan fingerprint density at radius 2 is 1.78 bits per heavy atom. The average molecular weight is 388 g/mol. The van der Waals surface area contributed by atoms with E-state index in [0.717, 1.165) is 11.1 Å². The van der Waals surface area contributed by atoms with Crippen LogP contribution in [0, 0.1) is 0 Å². The third-order valence-corrected chi connectivity index (χ3v) is 6.44. The Kier molecular flexibility index (Phi) is 6.13. The Bertz CT molecular complexity index is 867. The minimum atomic E-state index is -3.07. The molecule has 2 aromatic rings. The van der Waals surface area contributed by atoms with Gasteiger partial charge in [0.15, 0.2) is 9.84 Å². The fraction of sp³-hybridized carbons (Fsp3) is 0.350. The van der Waals surface area contributed by atoms with E-state index >= 15 is 0 Å². The van der Waals surface area contributed by atoms with Gasteiger partial charge in [0.25, 0.3) is 0 Å². The summed E-state index contributed by atoms with van der Waals surface area (Å²) >= 11 is 0. The molecule has 1 unspecified atom stereocenters. The lowest BCUT2D eigenvalue weighted by molar-refractivity contribution is 0.140. The summed E-state index contributed by atoms with van der Waals surface area (Å²) in [5.41, 5.74) is 2.84. The van der Waals surface area contributed by atoms with E-state index in [-0.39, 0.29) is 23.6 Å². The fourth-order valence-electron chi connectivity index (χ4n) is 3.23. The average Bonchev–Trinajstić information content (AvgIpc) is 3.03. The second-order valence-electron chi connectivity index (χ2n) is 6.62. The lowest BCUT2D eigenvalue weighted by Crippen LogP contribution is -2.45. The number of benzene rings is 2. The van der Waals surface area contributed by atoms with E-state index in [1.54, 1.807) is 12.0 Å². The largest absolute Gasteiger partial charge is 0.383 e. The molecular formula is C20H24N2O4S. The molecule has 0 aromatic heterocycles. The molecule has 0 radical (unpaired) electrons. The summed E-state index contributed by atoms with van der Waals surface area (Å²) in [6.45, 7) is 0.710. The first-order valence-electron chi connectivity index (χ1n) is 8.91. The van der Waals surface area contributed by atoms with Crippen LogP contribution in [0.4, 0.5) is 10.5 Å². The van der Waals surface area contributed by atoms with Crippen molar-refractivity contribution >= 4 is 21.6 Å². The van der Waals surface area contributed by atoms with Gasteiger partial charge in [-0.3, -0.25) is 0 Å². The zero-order chi connectivity index (χ0) is 19.3. The predicted molar refractivity (Wildman–Crippen MR) is 107 cm³/mol. The fourth-order valence-corrected chi connectivity index (χ4v) is 4.96. The number of rotatable bonds is 6. The van der Waals surface area contributed by atoms with Gasteiger partial charge in [0, 0.05) is 25.4 Å². The van der Waals surface area contributed by atoms with Crippen molar-refractivity contribution in [1.82, 2.24) is 4.90 Å². The van der Waals surface area contributed by atoms with Crippen molar-refractivity contribution in [2.75, 3.05) is 37.1 Å². The number of carbonyl (C=O) groups is 1. The van der Waals surface area contributed by atoms with Gasteiger partial charge in [-0.05, 0) is 29.7 Å². The molecule has 0 aliphatic carbocycles. The van der Waals surface area contributed by atoms with Crippen molar-refractivity contribution in [1.29, 1.82) is 0 Å². The van der Waals surface area contributed by atoms with E-state index in [1.165, 1.54) is 0 Å². The summed E-state index contributed by atoms with van der Waals surface area (Å²) in [5, 5.41) is 2.87. The van der Waals surface area contributed by atoms with Gasteiger partial charge in [-0.25, -0.2) is 13.2 Å². The van der Waals surface area contributed by atoms with Gasteiger partial charge < -0.3 is 15.0 Å². The molecular weight excluding hydrogens is 364 g/mol. The third kappa shape index (κ3) is 5.08. The predicted octanol–water partition coefficient (Wildman–Crippen LogP) is 3.02. The smallest absolute Gasteiger partial charge is 0.322 e. The first kappa shape index (κ1) is 19.4. The maximum Gasteiger partial charge on any atom is 0.322 e. The molecule has 1 fully saturated rings. The Labute approximate surface area is 160 Å². The van der Waals surface area contributed by atoms with Crippen molar-refractivity contribution in [3.63, 3.8) is 0 Å². The summed E-state index contributed by atoms with van der Waals surface area (Å²) in [6.07, 6.45) is 0.465. The highest BCUT2D eigenvalue weighted by Gasteiger charge is 2.34. The van der Waals surface area contributed by atoms with Gasteiger partial charge in [0.1, 0.15) is 0 Å². The Balaban J connectivity index is 1.69. The molecule has 0 spiro atoms. The van der Waals surface area contributed by atoms with Gasteiger partial charge in [0.05, 0.1) is 18.1 Å². The molecule has 7 heteroatoms. The van der Waals surface area contributed by atoms with Gasteiger partial charge in [-0.15, -0.1) is 0 Å². The minimum Gasteiger partial charge on any atom is -0.383 e. The van der Waals surface area contributed by atoms with Crippen LogP contribution in [0.5, 0.6) is 0 Å². The zero-order valence-electron chi connectivity index (χ0n) is 15.3. The van der Waals surface area contributed by atoms with Crippen molar-refractivity contribution in [2.45, 2.75) is 12.5 Å². The second-order valence-corrected chi connectivity index (χ2v) is 8.85. The van der Waals surface area contributed by atoms with Crippen LogP contribution in [0.15, 0.2) is 54.6 Å². The SMILES string of the molecule is COCCN(C(=O)Nc1ccc(-c2ccccc2)cc1)C1CCS(=O)(=O)C1. The van der Waals surface area contributed by atoms with Crippen LogP contribution in [0.25, 0.3) is 11.1 Å². The van der Waals surface area contributed by atoms with Crippen LogP contribution in [0.2, 0.25) is 0 Å². The summed E-state index contributed by atoms with van der Waals surface area (Å²) < 4.78 is 28.6. The lowest BCUT2D eigenvalue weighted by atomic mass is 10.1. The van der Waals surface area contributed by atoms with Crippen molar-refractivity contribution in [2.24, 2.45) is 0 Å². The van der Waals surface area contributed by atoms with Crippen LogP contribution >= 0.6 is 0 Å². The number of anilines is 1. The zero-order valence-corrected chi connectivity index (χ0v) is 16.1. The summed E-state index contributed by atoms with van der Waals surface area (Å²) in [4.78, 5) is 14.3. The van der Waals surface area contributed by atoms with Gasteiger partial charge in [0.2, 0.25) is 0 Å². The molecule has 1 aliphatic rings. The molecule has 1 heterocycles. The highest BCUT2D eigenvalue weighted by molar-refractivity contribution is 7.91. The number of amides is 2. The van der Waals surface area contributed by atoms with Crippen LogP contribution in [-0.4, -0.2) is 57.2 Å². The molecule has 6 nitrogen and oxygen atoms in total. The number of hydrogen-bond donors (Lipinski definition) is 1. The number of urea groups is 1. The van der Waals surface area contributed by atoms with Crippen LogP contribution in [-0.2, 0) is 14.6 Å². The molecule has 0 saturated carbocycles. The maximum atomic E-state index is 12.7. The summed E-state index contributed by atoms with van der Waals surface area (Å²) in [6, 6.07) is 17.0. The maximum absolute atomic E-state index is 12.7. The topological polar surface area (TPSA) is 75.7 Å². The number of ether oxygens (including phenoxy) is 1. The molecule has 2 amide bonds. The molecule has 1 saturated heterocycles. The van der Waals surface area contributed by atoms with E-state index in [4.69, 9.17) is 4.74 Å². The molecule has 2 aromatic carbocycles. The Morgan fingerprint density at radius 3 is 2.37 bits per heavy atom. The number of hydrogen-bond acceptors (Lipinski definition) is 4. The van der Waals surface area contributed by atoms with Crippen LogP contribution in [0.1, 0.15) is 6.42 Å². The molecule has 144 valence electrons. The third-order valence-electron chi connectivity index (χ3n) is 4.69. The number of nitrogens with one attached hydrogen (secondary N) is 1. The first-order valence-corrected chi connectivity index (χ1v) is 10.7.